The Labute approximate surface area is 342 Å². The van der Waals surface area contributed by atoms with Gasteiger partial charge < -0.3 is 0 Å². The number of carbonyl (C=O) groups excluding carboxylic acids is 1. The number of hydrogen-bond acceptors (Lipinski definition) is 1. The maximum absolute atomic E-state index is 17.3. The summed E-state index contributed by atoms with van der Waals surface area (Å²) < 4.78 is 69.0. The highest BCUT2D eigenvalue weighted by atomic mass is 19.1. The average Bonchev–Trinajstić information content (AvgIpc) is 3.15. The van der Waals surface area contributed by atoms with E-state index in [0.717, 1.165) is 0 Å². The predicted molar refractivity (Wildman–Crippen MR) is 245 cm³/mol. The van der Waals surface area contributed by atoms with Crippen LogP contribution in [0.25, 0.3) is 10.8 Å². The molecular formula is C45H42B6F4N2O. The summed E-state index contributed by atoms with van der Waals surface area (Å²) in [7, 11) is 8.19. The quantitative estimate of drug-likeness (QED) is 0.200. The second kappa shape index (κ2) is 12.5. The average molecular weight is 768 g/mol. The van der Waals surface area contributed by atoms with E-state index in [-0.39, 0.29) is 60.8 Å². The van der Waals surface area contributed by atoms with Crippen molar-refractivity contribution in [2.75, 3.05) is 9.80 Å². The van der Waals surface area contributed by atoms with Crippen LogP contribution in [0.2, 0.25) is 0 Å². The first-order valence-electron chi connectivity index (χ1n) is 20.1. The lowest BCUT2D eigenvalue weighted by Gasteiger charge is -2.48. The minimum atomic E-state index is -0.934. The zero-order valence-corrected chi connectivity index (χ0v) is 34.7. The maximum Gasteiger partial charge on any atom is 0.338 e. The molecule has 0 aliphatic carbocycles. The predicted octanol–water partition coefficient (Wildman–Crippen LogP) is 3.40. The smallest absolute Gasteiger partial charge is 0.262 e. The van der Waals surface area contributed by atoms with Gasteiger partial charge in [-0.05, 0) is 74.5 Å². The molecule has 0 radical (unpaired) electrons. The lowest BCUT2D eigenvalue weighted by Crippen LogP contribution is -2.66. The fourth-order valence-corrected chi connectivity index (χ4v) is 9.23. The summed E-state index contributed by atoms with van der Waals surface area (Å²) in [6, 6.07) is 27.1. The van der Waals surface area contributed by atoms with Crippen molar-refractivity contribution >= 4 is 117 Å². The van der Waals surface area contributed by atoms with Crippen molar-refractivity contribution in [2.24, 2.45) is 10.8 Å². The number of anilines is 4. The van der Waals surface area contributed by atoms with Gasteiger partial charge in [0.1, 0.15) is 54.7 Å². The number of nitrogens with zero attached hydrogens (tertiary/aromatic N) is 2. The van der Waals surface area contributed by atoms with E-state index in [0.29, 0.717) is 27.4 Å². The third kappa shape index (κ3) is 5.16. The second-order valence-electron chi connectivity index (χ2n) is 19.5. The Morgan fingerprint density at radius 1 is 0.500 bits per heavy atom. The summed E-state index contributed by atoms with van der Waals surface area (Å²) in [5, 5.41) is -0.453. The van der Waals surface area contributed by atoms with E-state index in [4.69, 9.17) is 0 Å². The molecule has 3 heterocycles. The van der Waals surface area contributed by atoms with Crippen LogP contribution in [0.15, 0.2) is 97.1 Å². The van der Waals surface area contributed by atoms with Crippen molar-refractivity contribution in [3.05, 3.63) is 131 Å². The van der Waals surface area contributed by atoms with Crippen molar-refractivity contribution < 1.29 is 22.4 Å². The third-order valence-electron chi connectivity index (χ3n) is 14.5. The number of hydrogen-bond donors (Lipinski definition) is 0. The van der Waals surface area contributed by atoms with Crippen LogP contribution in [-0.4, -0.2) is 50.8 Å². The molecule has 0 atom stereocenters. The number of fused-ring (bicyclic) bond motifs is 4. The topological polar surface area (TPSA) is 23.6 Å². The van der Waals surface area contributed by atoms with E-state index in [9.17, 15) is 0 Å². The molecule has 3 nitrogen and oxygen atoms in total. The van der Waals surface area contributed by atoms with Crippen LogP contribution >= 0.6 is 0 Å². The molecule has 0 spiro atoms. The largest absolute Gasteiger partial charge is 0.338 e. The van der Waals surface area contributed by atoms with Gasteiger partial charge in [-0.15, -0.1) is 0 Å². The number of halogens is 4. The molecule has 2 amide bonds. The number of rotatable bonds is 4. The molecule has 6 aromatic rings. The molecule has 3 aliphatic rings. The first-order chi connectivity index (χ1) is 27.2. The normalized spacial score (nSPS) is 14.9. The Morgan fingerprint density at radius 3 is 1.19 bits per heavy atom. The van der Waals surface area contributed by atoms with Crippen molar-refractivity contribution in [1.82, 2.24) is 0 Å². The monoisotopic (exact) mass is 768 g/mol. The van der Waals surface area contributed by atoms with Gasteiger partial charge in [0.25, 0.3) is 13.4 Å². The summed E-state index contributed by atoms with van der Waals surface area (Å²) >= 11 is 0. The van der Waals surface area contributed by atoms with Gasteiger partial charge in [-0.25, -0.2) is 22.4 Å². The van der Waals surface area contributed by atoms with Crippen molar-refractivity contribution in [3.63, 3.8) is 0 Å². The van der Waals surface area contributed by atoms with E-state index >= 15 is 22.4 Å². The molecule has 6 aromatic carbocycles. The molecule has 0 saturated heterocycles. The molecule has 58 heavy (non-hydrogen) atoms. The fourth-order valence-electron chi connectivity index (χ4n) is 9.23. The first kappa shape index (κ1) is 38.5. The summed E-state index contributed by atoms with van der Waals surface area (Å²) in [6.45, 7) is 10.6. The Morgan fingerprint density at radius 2 is 0.845 bits per heavy atom. The van der Waals surface area contributed by atoms with Crippen LogP contribution in [-0.2, 0) is 10.4 Å². The summed E-state index contributed by atoms with van der Waals surface area (Å²) in [5.74, 6) is -2.49. The zero-order chi connectivity index (χ0) is 41.6. The SMILES string of the molecule is BC(B)(c1cc(F)c2c(c1)N1C(=O)N3c4cc(C(B)(B)C(C)(C)C)cc(F)c4B(c4ccccc4)c4c(F)cc5cc(F)c(c1c5c43)B2c1ccccc1)C(C)(C)C. The van der Waals surface area contributed by atoms with Crippen molar-refractivity contribution in [2.45, 2.75) is 52.0 Å². The Kier molecular flexibility index (Phi) is 8.28. The molecule has 0 fully saturated rings. The molecule has 9 rings (SSSR count). The van der Waals surface area contributed by atoms with Gasteiger partial charge in [-0.2, -0.15) is 0 Å². The van der Waals surface area contributed by atoms with Gasteiger partial charge in [0, 0.05) is 16.8 Å². The lowest BCUT2D eigenvalue weighted by atomic mass is 9.33. The number of amides is 2. The van der Waals surface area contributed by atoms with Crippen LogP contribution in [0.4, 0.5) is 45.1 Å². The Balaban J connectivity index is 1.47. The van der Waals surface area contributed by atoms with Gasteiger partial charge in [0.2, 0.25) is 0 Å². The molecular weight excluding hydrogens is 725 g/mol. The molecule has 0 aromatic heterocycles. The molecule has 0 saturated carbocycles. The van der Waals surface area contributed by atoms with Crippen LogP contribution in [0, 0.1) is 34.1 Å². The van der Waals surface area contributed by atoms with E-state index in [1.165, 1.54) is 34.1 Å². The number of carbonyl (C=O) groups is 1. The van der Waals surface area contributed by atoms with E-state index in [1.54, 1.807) is 0 Å². The van der Waals surface area contributed by atoms with Crippen LogP contribution in [0.5, 0.6) is 0 Å². The first-order valence-corrected chi connectivity index (χ1v) is 20.1. The lowest BCUT2D eigenvalue weighted by molar-refractivity contribution is 0.255. The minimum Gasteiger partial charge on any atom is -0.262 e. The van der Waals surface area contributed by atoms with Crippen molar-refractivity contribution in [1.29, 1.82) is 0 Å². The molecule has 284 valence electrons. The Bertz CT molecular complexity index is 2570. The molecule has 3 aliphatic heterocycles. The van der Waals surface area contributed by atoms with E-state index < -0.39 is 53.2 Å². The van der Waals surface area contributed by atoms with E-state index in [2.05, 4.69) is 41.5 Å². The number of benzene rings is 6. The van der Waals surface area contributed by atoms with Gasteiger partial charge in [0.05, 0.1) is 11.4 Å². The summed E-state index contributed by atoms with van der Waals surface area (Å²) in [6.07, 6.45) is 0. The van der Waals surface area contributed by atoms with Crippen LogP contribution in [0.3, 0.4) is 0 Å². The number of urea groups is 1. The van der Waals surface area contributed by atoms with Gasteiger partial charge in [-0.1, -0.05) is 135 Å². The fraction of sp³-hybridized carbons (Fsp3) is 0.222. The third-order valence-corrected chi connectivity index (χ3v) is 14.5. The second-order valence-corrected chi connectivity index (χ2v) is 19.5. The molecule has 0 unspecified atom stereocenters. The molecule has 0 N–H and O–H groups in total. The van der Waals surface area contributed by atoms with Gasteiger partial charge in [-0.3, -0.25) is 9.80 Å². The highest BCUT2D eigenvalue weighted by Gasteiger charge is 2.52. The summed E-state index contributed by atoms with van der Waals surface area (Å²) in [5.41, 5.74) is 3.63. The highest BCUT2D eigenvalue weighted by molar-refractivity contribution is 7.00. The van der Waals surface area contributed by atoms with Gasteiger partial charge >= 0.3 is 6.03 Å². The van der Waals surface area contributed by atoms with E-state index in [1.807, 2.05) is 104 Å². The maximum atomic E-state index is 17.3. The zero-order valence-electron chi connectivity index (χ0n) is 34.7. The Hall–Kier alpha value is -5.04. The van der Waals surface area contributed by atoms with Crippen LogP contribution < -0.4 is 42.6 Å². The standard InChI is InChI=1S/C45H42B6F4N2O/c1-42(2,3)44(46,47)24-19-30(54)35-32(21-24)56-39-34-23(17-28(52)37(39)50(35)26-13-9-7-10-14-26)18-29(53)38-40(34)57(41(56)58)33-22-25(45(48,49)43(4,5)6)20-31(55)36(33)51(38)27-15-11-8-12-16-27/h7-22H,46-49H2,1-6H3. The minimum absolute atomic E-state index is 0.130. The van der Waals surface area contributed by atoms with Crippen molar-refractivity contribution in [3.8, 4) is 0 Å². The van der Waals surface area contributed by atoms with Crippen LogP contribution in [0.1, 0.15) is 52.7 Å². The molecule has 13 heteroatoms. The highest BCUT2D eigenvalue weighted by Crippen LogP contribution is 2.50. The molecule has 0 bridgehead atoms. The van der Waals surface area contributed by atoms with Gasteiger partial charge in [0.15, 0.2) is 0 Å². The summed E-state index contributed by atoms with van der Waals surface area (Å²) in [4.78, 5) is 18.7.